The Morgan fingerprint density at radius 1 is 1.35 bits per heavy atom. The van der Waals surface area contributed by atoms with Crippen LogP contribution in [-0.4, -0.2) is 48.7 Å². The van der Waals surface area contributed by atoms with Crippen LogP contribution in [0, 0.1) is 12.3 Å². The van der Waals surface area contributed by atoms with Crippen molar-refractivity contribution in [2.45, 2.75) is 32.5 Å². The van der Waals surface area contributed by atoms with Gasteiger partial charge in [-0.1, -0.05) is 6.07 Å². The summed E-state index contributed by atoms with van der Waals surface area (Å²) in [5.74, 6) is -0.250. The zero-order valence-corrected chi connectivity index (χ0v) is 13.6. The molecule has 3 heterocycles. The van der Waals surface area contributed by atoms with Crippen molar-refractivity contribution in [1.29, 1.82) is 0 Å². The molecule has 124 valence electrons. The molecule has 5 nitrogen and oxygen atoms in total. The van der Waals surface area contributed by atoms with Gasteiger partial charge in [0.15, 0.2) is 0 Å². The number of nitrogens with zero attached hydrogens (tertiary/aromatic N) is 1. The lowest BCUT2D eigenvalue weighted by Crippen LogP contribution is -2.58. The molecule has 1 aromatic rings. The standard InChI is InChI=1S/C18H24N2O3/c1-12-13(2-3-14-15(12)9-23-17(14)22)16(21)8-20-6-4-18(5-7-20)10-19-11-18/h2-3,16,19,21H,4-11H2,1H3/t16-/m0/s1. The molecule has 0 aromatic heterocycles. The molecule has 0 bridgehead atoms. The van der Waals surface area contributed by atoms with E-state index in [-0.39, 0.29) is 5.97 Å². The molecular formula is C18H24N2O3. The number of carbonyl (C=O) groups excluding carboxylic acids is 1. The first kappa shape index (κ1) is 15.1. The van der Waals surface area contributed by atoms with E-state index in [1.807, 2.05) is 13.0 Å². The molecule has 5 heteroatoms. The zero-order chi connectivity index (χ0) is 16.0. The normalized spacial score (nSPS) is 24.2. The topological polar surface area (TPSA) is 61.8 Å². The predicted octanol–water partition coefficient (Wildman–Crippen LogP) is 1.38. The van der Waals surface area contributed by atoms with E-state index >= 15 is 0 Å². The summed E-state index contributed by atoms with van der Waals surface area (Å²) in [4.78, 5) is 14.0. The number of ether oxygens (including phenoxy) is 1. The molecule has 2 saturated heterocycles. The smallest absolute Gasteiger partial charge is 0.338 e. The minimum Gasteiger partial charge on any atom is -0.457 e. The highest BCUT2D eigenvalue weighted by Gasteiger charge is 2.39. The number of cyclic esters (lactones) is 1. The van der Waals surface area contributed by atoms with Crippen LogP contribution in [0.5, 0.6) is 0 Å². The number of hydrogen-bond acceptors (Lipinski definition) is 5. The molecule has 3 aliphatic rings. The Labute approximate surface area is 136 Å². The molecule has 1 spiro atoms. The Morgan fingerprint density at radius 3 is 2.74 bits per heavy atom. The molecule has 0 radical (unpaired) electrons. The summed E-state index contributed by atoms with van der Waals surface area (Å²) < 4.78 is 5.09. The van der Waals surface area contributed by atoms with Crippen molar-refractivity contribution in [2.24, 2.45) is 5.41 Å². The monoisotopic (exact) mass is 316 g/mol. The molecule has 4 rings (SSSR count). The first-order chi connectivity index (χ1) is 11.1. The van der Waals surface area contributed by atoms with E-state index in [1.165, 1.54) is 12.8 Å². The molecule has 1 atom stereocenters. The van der Waals surface area contributed by atoms with Crippen LogP contribution in [0.1, 0.15) is 46.0 Å². The van der Waals surface area contributed by atoms with Crippen molar-refractivity contribution in [3.63, 3.8) is 0 Å². The van der Waals surface area contributed by atoms with Crippen molar-refractivity contribution < 1.29 is 14.6 Å². The fraction of sp³-hybridized carbons (Fsp3) is 0.611. The number of fused-ring (bicyclic) bond motifs is 1. The fourth-order valence-electron chi connectivity index (χ4n) is 4.11. The quantitative estimate of drug-likeness (QED) is 0.825. The van der Waals surface area contributed by atoms with Gasteiger partial charge in [-0.3, -0.25) is 0 Å². The van der Waals surface area contributed by atoms with Crippen LogP contribution in [0.4, 0.5) is 0 Å². The number of carbonyl (C=O) groups is 1. The third-order valence-electron chi connectivity index (χ3n) is 5.91. The van der Waals surface area contributed by atoms with E-state index in [0.29, 0.717) is 24.1 Å². The average molecular weight is 316 g/mol. The maximum Gasteiger partial charge on any atom is 0.338 e. The Kier molecular flexibility index (Phi) is 3.67. The number of aliphatic hydroxyl groups excluding tert-OH is 1. The maximum atomic E-state index is 11.6. The van der Waals surface area contributed by atoms with Gasteiger partial charge in [0.25, 0.3) is 0 Å². The van der Waals surface area contributed by atoms with Crippen molar-refractivity contribution in [1.82, 2.24) is 10.2 Å². The molecular weight excluding hydrogens is 292 g/mol. The van der Waals surface area contributed by atoms with Gasteiger partial charge < -0.3 is 20.1 Å². The molecule has 23 heavy (non-hydrogen) atoms. The second-order valence-corrected chi connectivity index (χ2v) is 7.30. The lowest BCUT2D eigenvalue weighted by molar-refractivity contribution is 0.0296. The van der Waals surface area contributed by atoms with Gasteiger partial charge in [-0.05, 0) is 55.5 Å². The predicted molar refractivity (Wildman–Crippen MR) is 86.2 cm³/mol. The van der Waals surface area contributed by atoms with Crippen molar-refractivity contribution in [3.05, 3.63) is 34.4 Å². The van der Waals surface area contributed by atoms with Crippen LogP contribution in [0.3, 0.4) is 0 Å². The van der Waals surface area contributed by atoms with Gasteiger partial charge >= 0.3 is 5.97 Å². The highest BCUT2D eigenvalue weighted by Crippen LogP contribution is 2.36. The number of hydrogen-bond donors (Lipinski definition) is 2. The second kappa shape index (κ2) is 5.58. The number of likely N-dealkylation sites (tertiary alicyclic amines) is 1. The Hall–Kier alpha value is -1.43. The van der Waals surface area contributed by atoms with Gasteiger partial charge in [-0.15, -0.1) is 0 Å². The lowest BCUT2D eigenvalue weighted by Gasteiger charge is -2.48. The van der Waals surface area contributed by atoms with Gasteiger partial charge in [-0.2, -0.15) is 0 Å². The number of β-amino-alcohol motifs (C(OH)–C–C–N with tert-alkyl or cyclic N) is 1. The first-order valence-corrected chi connectivity index (χ1v) is 8.49. The lowest BCUT2D eigenvalue weighted by atomic mass is 9.73. The Morgan fingerprint density at radius 2 is 2.09 bits per heavy atom. The molecule has 0 saturated carbocycles. The largest absolute Gasteiger partial charge is 0.457 e. The zero-order valence-electron chi connectivity index (χ0n) is 13.6. The summed E-state index contributed by atoms with van der Waals surface area (Å²) in [7, 11) is 0. The van der Waals surface area contributed by atoms with Gasteiger partial charge in [0.2, 0.25) is 0 Å². The first-order valence-electron chi connectivity index (χ1n) is 8.49. The molecule has 2 fully saturated rings. The second-order valence-electron chi connectivity index (χ2n) is 7.30. The summed E-state index contributed by atoms with van der Waals surface area (Å²) in [5.41, 5.74) is 4.04. The number of esters is 1. The van der Waals surface area contributed by atoms with E-state index in [9.17, 15) is 9.90 Å². The number of nitrogens with one attached hydrogen (secondary N) is 1. The van der Waals surface area contributed by atoms with Crippen LogP contribution in [0.15, 0.2) is 12.1 Å². The van der Waals surface area contributed by atoms with Crippen molar-refractivity contribution in [2.75, 3.05) is 32.7 Å². The highest BCUT2D eigenvalue weighted by molar-refractivity contribution is 5.93. The maximum absolute atomic E-state index is 11.6. The minimum absolute atomic E-state index is 0.250. The number of aliphatic hydroxyl groups is 1. The van der Waals surface area contributed by atoms with Gasteiger partial charge in [-0.25, -0.2) is 4.79 Å². The van der Waals surface area contributed by atoms with Crippen LogP contribution in [0.2, 0.25) is 0 Å². The van der Waals surface area contributed by atoms with E-state index in [4.69, 9.17) is 4.74 Å². The van der Waals surface area contributed by atoms with Crippen molar-refractivity contribution >= 4 is 5.97 Å². The molecule has 0 amide bonds. The van der Waals surface area contributed by atoms with E-state index < -0.39 is 6.10 Å². The minimum atomic E-state index is -0.510. The molecule has 3 aliphatic heterocycles. The Bertz CT molecular complexity index is 629. The summed E-state index contributed by atoms with van der Waals surface area (Å²) in [6, 6.07) is 3.67. The van der Waals surface area contributed by atoms with Crippen LogP contribution in [0.25, 0.3) is 0 Å². The van der Waals surface area contributed by atoms with Gasteiger partial charge in [0.05, 0.1) is 11.7 Å². The summed E-state index contributed by atoms with van der Waals surface area (Å²) in [6.45, 7) is 7.40. The summed E-state index contributed by atoms with van der Waals surface area (Å²) in [5, 5.41) is 14.1. The summed E-state index contributed by atoms with van der Waals surface area (Å²) in [6.07, 6.45) is 1.93. The molecule has 0 unspecified atom stereocenters. The van der Waals surface area contributed by atoms with Crippen molar-refractivity contribution in [3.8, 4) is 0 Å². The van der Waals surface area contributed by atoms with Gasteiger partial charge in [0, 0.05) is 25.2 Å². The SMILES string of the molecule is Cc1c([C@@H](O)CN2CCC3(CC2)CNC3)ccc2c1COC2=O. The van der Waals surface area contributed by atoms with Crippen LogP contribution < -0.4 is 5.32 Å². The van der Waals surface area contributed by atoms with E-state index in [0.717, 1.165) is 42.9 Å². The fourth-order valence-corrected chi connectivity index (χ4v) is 4.11. The van der Waals surface area contributed by atoms with E-state index in [1.54, 1.807) is 6.07 Å². The summed E-state index contributed by atoms with van der Waals surface area (Å²) >= 11 is 0. The molecule has 0 aliphatic carbocycles. The van der Waals surface area contributed by atoms with Crippen LogP contribution >= 0.6 is 0 Å². The number of rotatable bonds is 3. The number of piperidine rings is 1. The third-order valence-corrected chi connectivity index (χ3v) is 5.91. The van der Waals surface area contributed by atoms with Crippen LogP contribution in [-0.2, 0) is 11.3 Å². The highest BCUT2D eigenvalue weighted by atomic mass is 16.5. The number of benzene rings is 1. The van der Waals surface area contributed by atoms with Gasteiger partial charge in [0.1, 0.15) is 6.61 Å². The third kappa shape index (κ3) is 2.57. The Balaban J connectivity index is 1.43. The average Bonchev–Trinajstić information content (AvgIpc) is 2.89. The molecule has 2 N–H and O–H groups in total. The molecule has 1 aromatic carbocycles. The van der Waals surface area contributed by atoms with E-state index in [2.05, 4.69) is 10.2 Å².